The lowest BCUT2D eigenvalue weighted by atomic mass is 10.0. The molecule has 0 bridgehead atoms. The molecule has 0 N–H and O–H groups in total. The maximum Gasteiger partial charge on any atom is 0.230 e. The highest BCUT2D eigenvalue weighted by atomic mass is 16.2. The van der Waals surface area contributed by atoms with Crippen LogP contribution in [0.5, 0.6) is 0 Å². The van der Waals surface area contributed by atoms with Crippen LogP contribution in [-0.2, 0) is 9.59 Å². The first kappa shape index (κ1) is 12.6. The molecule has 1 heterocycles. The van der Waals surface area contributed by atoms with E-state index in [0.29, 0.717) is 18.3 Å². The zero-order chi connectivity index (χ0) is 12.4. The largest absolute Gasteiger partial charge is 0.342 e. The van der Waals surface area contributed by atoms with Gasteiger partial charge in [0.05, 0.1) is 6.42 Å². The van der Waals surface area contributed by atoms with Crippen molar-refractivity contribution in [3.63, 3.8) is 0 Å². The second kappa shape index (κ2) is 5.19. The topological polar surface area (TPSA) is 37.4 Å². The Labute approximate surface area is 104 Å². The van der Waals surface area contributed by atoms with Crippen molar-refractivity contribution in [2.45, 2.75) is 46.0 Å². The van der Waals surface area contributed by atoms with E-state index in [9.17, 15) is 9.59 Å². The molecule has 2 aliphatic rings. The van der Waals surface area contributed by atoms with E-state index >= 15 is 0 Å². The van der Waals surface area contributed by atoms with E-state index in [0.717, 1.165) is 19.0 Å². The average molecular weight is 237 g/mol. The molecular formula is C14H23NO2. The summed E-state index contributed by atoms with van der Waals surface area (Å²) in [6, 6.07) is 0. The second-order valence-electron chi connectivity index (χ2n) is 5.63. The monoisotopic (exact) mass is 237 g/mol. The molecule has 96 valence electrons. The van der Waals surface area contributed by atoms with Crippen LogP contribution in [0.4, 0.5) is 0 Å². The third-order valence-electron chi connectivity index (χ3n) is 4.52. The molecule has 0 radical (unpaired) electrons. The van der Waals surface area contributed by atoms with Crippen LogP contribution in [-0.4, -0.2) is 29.7 Å². The lowest BCUT2D eigenvalue weighted by Gasteiger charge is -2.18. The number of hydrogen-bond acceptors (Lipinski definition) is 2. The first-order valence-electron chi connectivity index (χ1n) is 6.93. The molecule has 0 aromatic heterocycles. The molecule has 1 aliphatic carbocycles. The molecular weight excluding hydrogens is 214 g/mol. The molecule has 0 aromatic carbocycles. The van der Waals surface area contributed by atoms with Gasteiger partial charge in [-0.05, 0) is 30.6 Å². The second-order valence-corrected chi connectivity index (χ2v) is 5.63. The Morgan fingerprint density at radius 1 is 1.12 bits per heavy atom. The smallest absolute Gasteiger partial charge is 0.230 e. The van der Waals surface area contributed by atoms with Crippen LogP contribution >= 0.6 is 0 Å². The van der Waals surface area contributed by atoms with Gasteiger partial charge in [-0.3, -0.25) is 9.59 Å². The highest BCUT2D eigenvalue weighted by Gasteiger charge is 2.41. The summed E-state index contributed by atoms with van der Waals surface area (Å²) in [5.74, 6) is 2.42. The standard InChI is InChI=1S/C14H23NO2/c1-3-10-5-11-8-15(9-12(11)6-10)14(17)7-13(16)4-2/h10-12H,3-9H2,1-2H3/t10?,11-,12+. The first-order chi connectivity index (χ1) is 8.13. The zero-order valence-electron chi connectivity index (χ0n) is 10.9. The number of Topliss-reactive ketones (excluding diaryl/α,β-unsaturated/α-hetero) is 1. The number of likely N-dealkylation sites (tertiary alicyclic amines) is 1. The van der Waals surface area contributed by atoms with Gasteiger partial charge in [-0.1, -0.05) is 20.3 Å². The van der Waals surface area contributed by atoms with E-state index in [1.165, 1.54) is 19.3 Å². The molecule has 3 atom stereocenters. The number of hydrogen-bond donors (Lipinski definition) is 0. The van der Waals surface area contributed by atoms with Crippen molar-refractivity contribution in [2.75, 3.05) is 13.1 Å². The van der Waals surface area contributed by atoms with Gasteiger partial charge in [-0.25, -0.2) is 0 Å². The molecule has 1 unspecified atom stereocenters. The maximum atomic E-state index is 11.9. The number of rotatable bonds is 4. The Bertz CT molecular complexity index is 299. The van der Waals surface area contributed by atoms with Crippen molar-refractivity contribution in [3.05, 3.63) is 0 Å². The molecule has 2 fully saturated rings. The fraction of sp³-hybridized carbons (Fsp3) is 0.857. The fourth-order valence-electron chi connectivity index (χ4n) is 3.37. The minimum absolute atomic E-state index is 0.0549. The summed E-state index contributed by atoms with van der Waals surface area (Å²) >= 11 is 0. The van der Waals surface area contributed by atoms with Crippen molar-refractivity contribution in [1.29, 1.82) is 0 Å². The third-order valence-corrected chi connectivity index (χ3v) is 4.52. The number of carbonyl (C=O) groups is 2. The van der Waals surface area contributed by atoms with E-state index in [1.54, 1.807) is 0 Å². The molecule has 3 heteroatoms. The highest BCUT2D eigenvalue weighted by Crippen LogP contribution is 2.42. The molecule has 0 spiro atoms. The van der Waals surface area contributed by atoms with E-state index in [-0.39, 0.29) is 18.1 Å². The Hall–Kier alpha value is -0.860. The van der Waals surface area contributed by atoms with Gasteiger partial charge in [0.25, 0.3) is 0 Å². The van der Waals surface area contributed by atoms with Gasteiger partial charge in [0.2, 0.25) is 5.91 Å². The number of nitrogens with zero attached hydrogens (tertiary/aromatic N) is 1. The normalized spacial score (nSPS) is 31.6. The van der Waals surface area contributed by atoms with Gasteiger partial charge in [-0.2, -0.15) is 0 Å². The summed E-state index contributed by atoms with van der Waals surface area (Å²) in [5.41, 5.74) is 0. The lowest BCUT2D eigenvalue weighted by Crippen LogP contribution is -2.31. The molecule has 1 amide bonds. The van der Waals surface area contributed by atoms with Gasteiger partial charge in [-0.15, -0.1) is 0 Å². The quantitative estimate of drug-likeness (QED) is 0.703. The maximum absolute atomic E-state index is 11.9. The number of fused-ring (bicyclic) bond motifs is 1. The Morgan fingerprint density at radius 2 is 1.71 bits per heavy atom. The number of amides is 1. The molecule has 3 nitrogen and oxygen atoms in total. The highest BCUT2D eigenvalue weighted by molar-refractivity contribution is 5.97. The summed E-state index contributed by atoms with van der Waals surface area (Å²) in [7, 11) is 0. The summed E-state index contributed by atoms with van der Waals surface area (Å²) in [6.45, 7) is 5.88. The van der Waals surface area contributed by atoms with Crippen LogP contribution in [0.3, 0.4) is 0 Å². The van der Waals surface area contributed by atoms with Gasteiger partial charge in [0.15, 0.2) is 0 Å². The average Bonchev–Trinajstić information content (AvgIpc) is 2.85. The van der Waals surface area contributed by atoms with Gasteiger partial charge >= 0.3 is 0 Å². The van der Waals surface area contributed by atoms with Gasteiger partial charge in [0, 0.05) is 19.5 Å². The first-order valence-corrected chi connectivity index (χ1v) is 6.93. The van der Waals surface area contributed by atoms with Crippen molar-refractivity contribution < 1.29 is 9.59 Å². The fourth-order valence-corrected chi connectivity index (χ4v) is 3.37. The summed E-state index contributed by atoms with van der Waals surface area (Å²) in [5, 5.41) is 0. The molecule has 2 rings (SSSR count). The van der Waals surface area contributed by atoms with Crippen LogP contribution in [0, 0.1) is 17.8 Å². The van der Waals surface area contributed by atoms with E-state index in [4.69, 9.17) is 0 Å². The van der Waals surface area contributed by atoms with Gasteiger partial charge in [0.1, 0.15) is 5.78 Å². The van der Waals surface area contributed by atoms with Crippen molar-refractivity contribution in [2.24, 2.45) is 17.8 Å². The molecule has 1 saturated carbocycles. The predicted octanol–water partition coefficient (Wildman–Crippen LogP) is 2.25. The minimum atomic E-state index is 0.0549. The Kier molecular flexibility index (Phi) is 3.85. The summed E-state index contributed by atoms with van der Waals surface area (Å²) < 4.78 is 0. The van der Waals surface area contributed by atoms with Crippen LogP contribution in [0.15, 0.2) is 0 Å². The third kappa shape index (κ3) is 2.70. The Morgan fingerprint density at radius 3 is 2.18 bits per heavy atom. The van der Waals surface area contributed by atoms with Crippen molar-refractivity contribution in [1.82, 2.24) is 4.90 Å². The van der Waals surface area contributed by atoms with Gasteiger partial charge < -0.3 is 4.90 Å². The summed E-state index contributed by atoms with van der Waals surface area (Å²) in [4.78, 5) is 25.1. The molecule has 17 heavy (non-hydrogen) atoms. The SMILES string of the molecule is CCC(=O)CC(=O)N1C[C@H]2CC(CC)C[C@H]2C1. The number of carbonyl (C=O) groups excluding carboxylic acids is 2. The number of ketones is 1. The van der Waals surface area contributed by atoms with Crippen molar-refractivity contribution >= 4 is 11.7 Å². The molecule has 1 aliphatic heterocycles. The predicted molar refractivity (Wildman–Crippen MR) is 66.5 cm³/mol. The van der Waals surface area contributed by atoms with Crippen LogP contribution in [0.2, 0.25) is 0 Å². The van der Waals surface area contributed by atoms with Crippen molar-refractivity contribution in [3.8, 4) is 0 Å². The van der Waals surface area contributed by atoms with E-state index in [2.05, 4.69) is 6.92 Å². The molecule has 0 aromatic rings. The lowest BCUT2D eigenvalue weighted by molar-refractivity contribution is -0.134. The Balaban J connectivity index is 1.84. The zero-order valence-corrected chi connectivity index (χ0v) is 10.9. The van der Waals surface area contributed by atoms with Crippen LogP contribution < -0.4 is 0 Å². The minimum Gasteiger partial charge on any atom is -0.342 e. The van der Waals surface area contributed by atoms with E-state index in [1.807, 2.05) is 11.8 Å². The summed E-state index contributed by atoms with van der Waals surface area (Å²) in [6.07, 6.45) is 4.44. The van der Waals surface area contributed by atoms with Crippen LogP contribution in [0.25, 0.3) is 0 Å². The van der Waals surface area contributed by atoms with Crippen LogP contribution in [0.1, 0.15) is 46.0 Å². The molecule has 1 saturated heterocycles. The van der Waals surface area contributed by atoms with E-state index < -0.39 is 0 Å².